The lowest BCUT2D eigenvalue weighted by Crippen LogP contribution is -2.21. The van der Waals surface area contributed by atoms with Crippen LogP contribution in [0.25, 0.3) is 0 Å². The van der Waals surface area contributed by atoms with Crippen LogP contribution < -0.4 is 19.7 Å². The summed E-state index contributed by atoms with van der Waals surface area (Å²) in [6.07, 6.45) is 2.17. The molecular formula is C18H23ClN4O3. The van der Waals surface area contributed by atoms with Gasteiger partial charge in [0.05, 0.1) is 24.9 Å². The van der Waals surface area contributed by atoms with Gasteiger partial charge in [0.15, 0.2) is 11.5 Å². The van der Waals surface area contributed by atoms with E-state index < -0.39 is 5.91 Å². The molecule has 0 radical (unpaired) electrons. The molecule has 0 aliphatic carbocycles. The Kier molecular flexibility index (Phi) is 7.03. The van der Waals surface area contributed by atoms with Crippen molar-refractivity contribution in [3.05, 3.63) is 35.0 Å². The summed E-state index contributed by atoms with van der Waals surface area (Å²) in [5, 5.41) is 11.3. The standard InChI is InChI=1S/C18H23ClN4O3/c1-5-6-9-23(2)17-8-7-13(21-22-17)18(24)20-14-11-15(25-3)12(19)10-16(14)26-4/h7-8,10-11H,5-6,9H2,1-4H3,(H,20,24). The zero-order chi connectivity index (χ0) is 19.1. The van der Waals surface area contributed by atoms with E-state index in [1.807, 2.05) is 11.9 Å². The molecule has 0 atom stereocenters. The summed E-state index contributed by atoms with van der Waals surface area (Å²) in [7, 11) is 4.94. The Morgan fingerprint density at radius 1 is 1.19 bits per heavy atom. The Morgan fingerprint density at radius 3 is 2.50 bits per heavy atom. The number of carbonyl (C=O) groups is 1. The van der Waals surface area contributed by atoms with Gasteiger partial charge in [-0.25, -0.2) is 0 Å². The van der Waals surface area contributed by atoms with Gasteiger partial charge in [-0.3, -0.25) is 4.79 Å². The Bertz CT molecular complexity index is 753. The zero-order valence-electron chi connectivity index (χ0n) is 15.4. The molecule has 1 aromatic heterocycles. The van der Waals surface area contributed by atoms with Crippen LogP contribution in [0.4, 0.5) is 11.5 Å². The Balaban J connectivity index is 2.15. The van der Waals surface area contributed by atoms with E-state index in [4.69, 9.17) is 21.1 Å². The minimum atomic E-state index is -0.400. The number of hydrogen-bond donors (Lipinski definition) is 1. The van der Waals surface area contributed by atoms with Crippen molar-refractivity contribution in [1.29, 1.82) is 0 Å². The summed E-state index contributed by atoms with van der Waals surface area (Å²) < 4.78 is 10.4. The van der Waals surface area contributed by atoms with E-state index in [0.29, 0.717) is 22.2 Å². The lowest BCUT2D eigenvalue weighted by Gasteiger charge is -2.17. The number of hydrogen-bond acceptors (Lipinski definition) is 6. The van der Waals surface area contributed by atoms with Crippen LogP contribution in [0.15, 0.2) is 24.3 Å². The van der Waals surface area contributed by atoms with Gasteiger partial charge in [0.25, 0.3) is 5.91 Å². The number of rotatable bonds is 8. The van der Waals surface area contributed by atoms with Crippen molar-refractivity contribution in [2.45, 2.75) is 19.8 Å². The van der Waals surface area contributed by atoms with Crippen molar-refractivity contribution >= 4 is 29.0 Å². The van der Waals surface area contributed by atoms with E-state index in [-0.39, 0.29) is 5.69 Å². The topological polar surface area (TPSA) is 76.6 Å². The smallest absolute Gasteiger partial charge is 0.276 e. The molecule has 8 heteroatoms. The van der Waals surface area contributed by atoms with Gasteiger partial charge >= 0.3 is 0 Å². The molecule has 140 valence electrons. The summed E-state index contributed by atoms with van der Waals surface area (Å²) in [5.41, 5.74) is 0.637. The molecule has 2 rings (SSSR count). The third kappa shape index (κ3) is 4.76. The number of unbranched alkanes of at least 4 members (excludes halogenated alkanes) is 1. The van der Waals surface area contributed by atoms with Crippen molar-refractivity contribution in [1.82, 2.24) is 10.2 Å². The van der Waals surface area contributed by atoms with Gasteiger partial charge in [0.2, 0.25) is 0 Å². The summed E-state index contributed by atoms with van der Waals surface area (Å²) >= 11 is 6.07. The molecule has 26 heavy (non-hydrogen) atoms. The van der Waals surface area contributed by atoms with Crippen LogP contribution in [0, 0.1) is 0 Å². The fourth-order valence-corrected chi connectivity index (χ4v) is 2.54. The molecule has 1 aromatic carbocycles. The number of benzene rings is 1. The van der Waals surface area contributed by atoms with E-state index in [1.54, 1.807) is 24.3 Å². The highest BCUT2D eigenvalue weighted by atomic mass is 35.5. The molecule has 7 nitrogen and oxygen atoms in total. The monoisotopic (exact) mass is 378 g/mol. The maximum Gasteiger partial charge on any atom is 0.276 e. The van der Waals surface area contributed by atoms with E-state index in [1.165, 1.54) is 14.2 Å². The molecule has 1 amide bonds. The Morgan fingerprint density at radius 2 is 1.92 bits per heavy atom. The Hall–Kier alpha value is -2.54. The highest BCUT2D eigenvalue weighted by molar-refractivity contribution is 6.32. The number of amides is 1. The minimum absolute atomic E-state index is 0.202. The normalized spacial score (nSPS) is 10.3. The maximum absolute atomic E-state index is 12.5. The van der Waals surface area contributed by atoms with Crippen LogP contribution in [0.3, 0.4) is 0 Å². The summed E-state index contributed by atoms with van der Waals surface area (Å²) in [6, 6.07) is 6.59. The fraction of sp³-hybridized carbons (Fsp3) is 0.389. The van der Waals surface area contributed by atoms with Gasteiger partial charge in [-0.1, -0.05) is 24.9 Å². The second-order valence-corrected chi connectivity index (χ2v) is 6.10. The van der Waals surface area contributed by atoms with E-state index in [2.05, 4.69) is 22.4 Å². The number of anilines is 2. The van der Waals surface area contributed by atoms with Crippen LogP contribution in [0.5, 0.6) is 11.5 Å². The van der Waals surface area contributed by atoms with Gasteiger partial charge in [0, 0.05) is 25.7 Å². The maximum atomic E-state index is 12.5. The van der Waals surface area contributed by atoms with Gasteiger partial charge in [-0.05, 0) is 18.6 Å². The Labute approximate surface area is 158 Å². The second kappa shape index (κ2) is 9.24. The molecule has 0 aliphatic heterocycles. The van der Waals surface area contributed by atoms with Gasteiger partial charge < -0.3 is 19.7 Å². The van der Waals surface area contributed by atoms with Crippen LogP contribution in [0.1, 0.15) is 30.3 Å². The molecule has 0 aliphatic rings. The lowest BCUT2D eigenvalue weighted by atomic mass is 10.2. The average molecular weight is 379 g/mol. The van der Waals surface area contributed by atoms with Gasteiger partial charge in [-0.15, -0.1) is 10.2 Å². The highest BCUT2D eigenvalue weighted by Gasteiger charge is 2.15. The predicted molar refractivity (Wildman–Crippen MR) is 103 cm³/mol. The predicted octanol–water partition coefficient (Wildman–Crippen LogP) is 3.64. The molecule has 0 fully saturated rings. The third-order valence-corrected chi connectivity index (χ3v) is 4.14. The fourth-order valence-electron chi connectivity index (χ4n) is 2.30. The first kappa shape index (κ1) is 19.8. The quantitative estimate of drug-likeness (QED) is 0.755. The van der Waals surface area contributed by atoms with E-state index in [9.17, 15) is 4.79 Å². The van der Waals surface area contributed by atoms with E-state index >= 15 is 0 Å². The first-order valence-electron chi connectivity index (χ1n) is 8.27. The molecule has 0 saturated carbocycles. The zero-order valence-corrected chi connectivity index (χ0v) is 16.1. The molecule has 0 saturated heterocycles. The van der Waals surface area contributed by atoms with Gasteiger partial charge in [-0.2, -0.15) is 0 Å². The third-order valence-electron chi connectivity index (χ3n) is 3.84. The summed E-state index contributed by atoms with van der Waals surface area (Å²) in [6.45, 7) is 3.02. The van der Waals surface area contributed by atoms with Crippen LogP contribution in [-0.4, -0.2) is 43.9 Å². The molecule has 0 unspecified atom stereocenters. The van der Waals surface area contributed by atoms with Crippen molar-refractivity contribution in [3.63, 3.8) is 0 Å². The van der Waals surface area contributed by atoms with Crippen molar-refractivity contribution in [2.24, 2.45) is 0 Å². The molecule has 1 N–H and O–H groups in total. The van der Waals surface area contributed by atoms with E-state index in [0.717, 1.165) is 25.2 Å². The second-order valence-electron chi connectivity index (χ2n) is 5.69. The number of carbonyl (C=O) groups excluding carboxylic acids is 1. The number of aromatic nitrogens is 2. The number of ether oxygens (including phenoxy) is 2. The molecule has 0 bridgehead atoms. The number of methoxy groups -OCH3 is 2. The number of nitrogens with zero attached hydrogens (tertiary/aromatic N) is 3. The largest absolute Gasteiger partial charge is 0.495 e. The first-order chi connectivity index (χ1) is 12.5. The highest BCUT2D eigenvalue weighted by Crippen LogP contribution is 2.36. The number of nitrogens with one attached hydrogen (secondary N) is 1. The molecule has 1 heterocycles. The average Bonchev–Trinajstić information content (AvgIpc) is 2.67. The molecule has 2 aromatic rings. The van der Waals surface area contributed by atoms with Crippen LogP contribution in [0.2, 0.25) is 5.02 Å². The van der Waals surface area contributed by atoms with Crippen molar-refractivity contribution in [3.8, 4) is 11.5 Å². The summed E-state index contributed by atoms with van der Waals surface area (Å²) in [4.78, 5) is 14.5. The van der Waals surface area contributed by atoms with Gasteiger partial charge in [0.1, 0.15) is 11.5 Å². The van der Waals surface area contributed by atoms with Crippen LogP contribution >= 0.6 is 11.6 Å². The molecule has 0 spiro atoms. The number of halogens is 1. The minimum Gasteiger partial charge on any atom is -0.495 e. The van der Waals surface area contributed by atoms with Crippen molar-refractivity contribution in [2.75, 3.05) is 38.0 Å². The van der Waals surface area contributed by atoms with Crippen LogP contribution in [-0.2, 0) is 0 Å². The first-order valence-corrected chi connectivity index (χ1v) is 8.65. The summed E-state index contributed by atoms with van der Waals surface area (Å²) in [5.74, 6) is 1.18. The lowest BCUT2D eigenvalue weighted by molar-refractivity contribution is 0.102. The van der Waals surface area contributed by atoms with Crippen molar-refractivity contribution < 1.29 is 14.3 Å². The molecular weight excluding hydrogens is 356 g/mol. The SMILES string of the molecule is CCCCN(C)c1ccc(C(=O)Nc2cc(OC)c(Cl)cc2OC)nn1.